The molecule has 0 atom stereocenters. The summed E-state index contributed by atoms with van der Waals surface area (Å²) in [5.74, 6) is 1.50. The molecule has 0 aliphatic heterocycles. The van der Waals surface area contributed by atoms with Gasteiger partial charge in [0.05, 0.1) is 13.2 Å². The minimum atomic E-state index is 0.544. The first-order valence-corrected chi connectivity index (χ1v) is 9.84. The van der Waals surface area contributed by atoms with Crippen LogP contribution in [0.5, 0.6) is 5.88 Å². The van der Waals surface area contributed by atoms with Gasteiger partial charge in [-0.2, -0.15) is 0 Å². The van der Waals surface area contributed by atoms with Gasteiger partial charge in [-0.15, -0.1) is 0 Å². The summed E-state index contributed by atoms with van der Waals surface area (Å²) in [6.07, 6.45) is 2.83. The van der Waals surface area contributed by atoms with Gasteiger partial charge in [-0.1, -0.05) is 6.07 Å². The van der Waals surface area contributed by atoms with Crippen molar-refractivity contribution >= 4 is 5.96 Å². The molecule has 1 aromatic heterocycles. The lowest BCUT2D eigenvalue weighted by Crippen LogP contribution is -2.41. The second-order valence-corrected chi connectivity index (χ2v) is 6.80. The summed E-state index contributed by atoms with van der Waals surface area (Å²) >= 11 is 0. The van der Waals surface area contributed by atoms with E-state index in [0.717, 1.165) is 37.6 Å². The molecule has 0 fully saturated rings. The number of guanidine groups is 1. The molecule has 1 heterocycles. The molecule has 0 radical (unpaired) electrons. The molecule has 0 unspecified atom stereocenters. The number of aromatic nitrogens is 1. The molecule has 0 spiro atoms. The molecule has 0 aromatic carbocycles. The third-order valence-corrected chi connectivity index (χ3v) is 4.09. The third kappa shape index (κ3) is 8.04. The van der Waals surface area contributed by atoms with Crippen LogP contribution < -0.4 is 15.4 Å². The second-order valence-electron chi connectivity index (χ2n) is 6.80. The van der Waals surface area contributed by atoms with Crippen LogP contribution >= 0.6 is 0 Å². The smallest absolute Gasteiger partial charge is 0.218 e. The van der Waals surface area contributed by atoms with Crippen LogP contribution in [-0.4, -0.2) is 54.2 Å². The Labute approximate surface area is 159 Å². The normalized spacial score (nSPS) is 12.1. The Morgan fingerprint density at radius 2 is 1.92 bits per heavy atom. The molecule has 0 saturated carbocycles. The van der Waals surface area contributed by atoms with Crippen molar-refractivity contribution in [3.05, 3.63) is 23.9 Å². The Morgan fingerprint density at radius 3 is 2.54 bits per heavy atom. The Morgan fingerprint density at radius 1 is 1.19 bits per heavy atom. The van der Waals surface area contributed by atoms with Gasteiger partial charge in [0.1, 0.15) is 0 Å². The highest BCUT2D eigenvalue weighted by atomic mass is 16.5. The van der Waals surface area contributed by atoms with Crippen molar-refractivity contribution in [2.45, 2.75) is 66.6 Å². The van der Waals surface area contributed by atoms with Gasteiger partial charge in [0.25, 0.3) is 0 Å². The first-order chi connectivity index (χ1) is 12.5. The zero-order valence-electron chi connectivity index (χ0n) is 17.4. The Hall–Kier alpha value is -1.82. The summed E-state index contributed by atoms with van der Waals surface area (Å²) < 4.78 is 5.57. The molecule has 0 amide bonds. The highest BCUT2D eigenvalue weighted by Crippen LogP contribution is 2.15. The SMILES string of the molecule is CCNC(=NCc1cccnc1OCC)NCCCN(C(C)C)C(C)C. The van der Waals surface area contributed by atoms with Crippen LogP contribution in [0.2, 0.25) is 0 Å². The summed E-state index contributed by atoms with van der Waals surface area (Å²) in [4.78, 5) is 11.5. The van der Waals surface area contributed by atoms with E-state index in [-0.39, 0.29) is 0 Å². The van der Waals surface area contributed by atoms with Gasteiger partial charge >= 0.3 is 0 Å². The fourth-order valence-corrected chi connectivity index (χ4v) is 2.90. The number of hydrogen-bond donors (Lipinski definition) is 2. The van der Waals surface area contributed by atoms with E-state index in [9.17, 15) is 0 Å². The molecule has 0 aliphatic rings. The van der Waals surface area contributed by atoms with Crippen molar-refractivity contribution in [1.29, 1.82) is 0 Å². The van der Waals surface area contributed by atoms with Crippen molar-refractivity contribution in [3.63, 3.8) is 0 Å². The van der Waals surface area contributed by atoms with Crippen molar-refractivity contribution in [2.75, 3.05) is 26.2 Å². The summed E-state index contributed by atoms with van der Waals surface area (Å²) in [6, 6.07) is 5.06. The number of ether oxygens (including phenoxy) is 1. The van der Waals surface area contributed by atoms with E-state index in [2.05, 4.69) is 60.1 Å². The topological polar surface area (TPSA) is 61.8 Å². The molecule has 0 saturated heterocycles. The van der Waals surface area contributed by atoms with Crippen LogP contribution in [0, 0.1) is 0 Å². The standard InChI is InChI=1S/C20H37N5O/c1-7-21-20(23-13-10-14-25(16(3)4)17(5)6)24-15-18-11-9-12-22-19(18)26-8-2/h9,11-12,16-17H,7-8,10,13-15H2,1-6H3,(H2,21,23,24). The molecule has 26 heavy (non-hydrogen) atoms. The first-order valence-electron chi connectivity index (χ1n) is 9.84. The molecule has 6 nitrogen and oxygen atoms in total. The highest BCUT2D eigenvalue weighted by molar-refractivity contribution is 5.79. The fraction of sp³-hybridized carbons (Fsp3) is 0.700. The summed E-state index contributed by atoms with van der Waals surface area (Å²) in [7, 11) is 0. The number of hydrogen-bond acceptors (Lipinski definition) is 4. The quantitative estimate of drug-likeness (QED) is 0.359. The van der Waals surface area contributed by atoms with Gasteiger partial charge < -0.3 is 15.4 Å². The van der Waals surface area contributed by atoms with Crippen LogP contribution in [0.1, 0.15) is 53.5 Å². The van der Waals surface area contributed by atoms with E-state index in [4.69, 9.17) is 4.74 Å². The maximum atomic E-state index is 5.57. The highest BCUT2D eigenvalue weighted by Gasteiger charge is 2.12. The van der Waals surface area contributed by atoms with Crippen LogP contribution in [-0.2, 0) is 6.54 Å². The fourth-order valence-electron chi connectivity index (χ4n) is 2.90. The summed E-state index contributed by atoms with van der Waals surface area (Å²) in [5.41, 5.74) is 0.998. The van der Waals surface area contributed by atoms with Crippen LogP contribution in [0.4, 0.5) is 0 Å². The second kappa shape index (κ2) is 12.5. The van der Waals surface area contributed by atoms with Gasteiger partial charge in [-0.25, -0.2) is 9.98 Å². The zero-order chi connectivity index (χ0) is 19.4. The molecule has 1 rings (SSSR count). The molecule has 148 valence electrons. The Kier molecular flexibility index (Phi) is 10.7. The van der Waals surface area contributed by atoms with E-state index < -0.39 is 0 Å². The Balaban J connectivity index is 2.56. The third-order valence-electron chi connectivity index (χ3n) is 4.09. The average molecular weight is 364 g/mol. The number of rotatable bonds is 11. The predicted octanol–water partition coefficient (Wildman–Crippen LogP) is 3.04. The first kappa shape index (κ1) is 22.2. The molecule has 6 heteroatoms. The zero-order valence-corrected chi connectivity index (χ0v) is 17.4. The maximum Gasteiger partial charge on any atom is 0.218 e. The lowest BCUT2D eigenvalue weighted by Gasteiger charge is -2.30. The van der Waals surface area contributed by atoms with Crippen molar-refractivity contribution in [1.82, 2.24) is 20.5 Å². The number of nitrogens with one attached hydrogen (secondary N) is 2. The number of nitrogens with zero attached hydrogens (tertiary/aromatic N) is 3. The monoisotopic (exact) mass is 363 g/mol. The molecule has 0 bridgehead atoms. The van der Waals surface area contributed by atoms with Gasteiger partial charge in [-0.3, -0.25) is 4.90 Å². The molecular weight excluding hydrogens is 326 g/mol. The van der Waals surface area contributed by atoms with Crippen molar-refractivity contribution < 1.29 is 4.74 Å². The van der Waals surface area contributed by atoms with E-state index in [1.165, 1.54) is 0 Å². The largest absolute Gasteiger partial charge is 0.478 e. The molecule has 2 N–H and O–H groups in total. The molecule has 0 aliphatic carbocycles. The number of aliphatic imine (C=N–C) groups is 1. The maximum absolute atomic E-state index is 5.57. The van der Waals surface area contributed by atoms with E-state index in [1.54, 1.807) is 6.20 Å². The lowest BCUT2D eigenvalue weighted by molar-refractivity contribution is 0.173. The minimum absolute atomic E-state index is 0.544. The summed E-state index contributed by atoms with van der Waals surface area (Å²) in [6.45, 7) is 17.0. The van der Waals surface area contributed by atoms with Gasteiger partial charge in [0.2, 0.25) is 5.88 Å². The van der Waals surface area contributed by atoms with Gasteiger partial charge in [-0.05, 0) is 54.0 Å². The Bertz CT molecular complexity index is 523. The van der Waals surface area contributed by atoms with Crippen molar-refractivity contribution in [3.8, 4) is 5.88 Å². The molecular formula is C20H37N5O. The van der Waals surface area contributed by atoms with Gasteiger partial charge in [0, 0.05) is 43.5 Å². The van der Waals surface area contributed by atoms with Crippen LogP contribution in [0.15, 0.2) is 23.3 Å². The average Bonchev–Trinajstić information content (AvgIpc) is 2.60. The summed E-state index contributed by atoms with van der Waals surface area (Å²) in [5, 5.41) is 6.73. The van der Waals surface area contributed by atoms with E-state index in [0.29, 0.717) is 31.1 Å². The molecule has 1 aromatic rings. The number of pyridine rings is 1. The van der Waals surface area contributed by atoms with Crippen molar-refractivity contribution in [2.24, 2.45) is 4.99 Å². The van der Waals surface area contributed by atoms with E-state index >= 15 is 0 Å². The minimum Gasteiger partial charge on any atom is -0.478 e. The van der Waals surface area contributed by atoms with E-state index in [1.807, 2.05) is 19.1 Å². The predicted molar refractivity (Wildman–Crippen MR) is 110 cm³/mol. The van der Waals surface area contributed by atoms with Crippen LogP contribution in [0.25, 0.3) is 0 Å². The lowest BCUT2D eigenvalue weighted by atomic mass is 10.2. The van der Waals surface area contributed by atoms with Gasteiger partial charge in [0.15, 0.2) is 5.96 Å². The van der Waals surface area contributed by atoms with Crippen LogP contribution in [0.3, 0.4) is 0 Å².